The fourth-order valence-corrected chi connectivity index (χ4v) is 1.59. The van der Waals surface area contributed by atoms with Gasteiger partial charge in [-0.1, -0.05) is 41.9 Å². The van der Waals surface area contributed by atoms with E-state index in [1.807, 2.05) is 30.3 Å². The number of benzene rings is 1. The SMILES string of the molecule is Nc1nc(Cl)cc(Cc2ccccc2)n1. The third-order valence-electron chi connectivity index (χ3n) is 1.99. The van der Waals surface area contributed by atoms with Crippen LogP contribution in [0.2, 0.25) is 5.15 Å². The van der Waals surface area contributed by atoms with Crippen LogP contribution in [0.1, 0.15) is 11.3 Å². The first-order valence-corrected chi connectivity index (χ1v) is 4.95. The van der Waals surface area contributed by atoms with Gasteiger partial charge in [-0.15, -0.1) is 0 Å². The molecule has 1 aromatic heterocycles. The van der Waals surface area contributed by atoms with Gasteiger partial charge >= 0.3 is 0 Å². The molecular formula is C11H10ClN3. The van der Waals surface area contributed by atoms with E-state index >= 15 is 0 Å². The van der Waals surface area contributed by atoms with Crippen LogP contribution in [-0.2, 0) is 6.42 Å². The Hall–Kier alpha value is -1.61. The van der Waals surface area contributed by atoms with E-state index in [1.165, 1.54) is 5.56 Å². The molecular weight excluding hydrogens is 210 g/mol. The van der Waals surface area contributed by atoms with Crippen molar-refractivity contribution in [3.8, 4) is 0 Å². The third kappa shape index (κ3) is 2.67. The molecule has 0 saturated heterocycles. The maximum absolute atomic E-state index is 5.79. The second-order valence-corrected chi connectivity index (χ2v) is 3.59. The molecule has 76 valence electrons. The number of hydrogen-bond donors (Lipinski definition) is 1. The maximum Gasteiger partial charge on any atom is 0.221 e. The Morgan fingerprint density at radius 3 is 2.53 bits per heavy atom. The predicted octanol–water partition coefficient (Wildman–Crippen LogP) is 2.30. The second kappa shape index (κ2) is 4.28. The molecule has 0 aliphatic carbocycles. The van der Waals surface area contributed by atoms with E-state index in [1.54, 1.807) is 6.07 Å². The average molecular weight is 220 g/mol. The molecule has 0 atom stereocenters. The molecule has 2 aromatic rings. The molecule has 0 aliphatic heterocycles. The van der Waals surface area contributed by atoms with Crippen molar-refractivity contribution in [2.45, 2.75) is 6.42 Å². The zero-order valence-electron chi connectivity index (χ0n) is 8.02. The summed E-state index contributed by atoms with van der Waals surface area (Å²) in [6, 6.07) is 11.7. The van der Waals surface area contributed by atoms with Crippen LogP contribution in [0.5, 0.6) is 0 Å². The molecule has 0 fully saturated rings. The number of anilines is 1. The van der Waals surface area contributed by atoms with Gasteiger partial charge in [-0.2, -0.15) is 0 Å². The van der Waals surface area contributed by atoms with Gasteiger partial charge in [-0.05, 0) is 11.6 Å². The summed E-state index contributed by atoms with van der Waals surface area (Å²) < 4.78 is 0. The molecule has 0 radical (unpaired) electrons. The van der Waals surface area contributed by atoms with Crippen LogP contribution < -0.4 is 5.73 Å². The van der Waals surface area contributed by atoms with Gasteiger partial charge in [0.05, 0.1) is 5.69 Å². The van der Waals surface area contributed by atoms with Gasteiger partial charge in [0.1, 0.15) is 5.15 Å². The second-order valence-electron chi connectivity index (χ2n) is 3.20. The lowest BCUT2D eigenvalue weighted by molar-refractivity contribution is 1.04. The van der Waals surface area contributed by atoms with Crippen molar-refractivity contribution in [1.29, 1.82) is 0 Å². The molecule has 0 spiro atoms. The van der Waals surface area contributed by atoms with Crippen LogP contribution in [-0.4, -0.2) is 9.97 Å². The minimum atomic E-state index is 0.216. The fourth-order valence-electron chi connectivity index (χ4n) is 1.38. The highest BCUT2D eigenvalue weighted by atomic mass is 35.5. The van der Waals surface area contributed by atoms with E-state index in [2.05, 4.69) is 9.97 Å². The summed E-state index contributed by atoms with van der Waals surface area (Å²) in [5, 5.41) is 0.383. The smallest absolute Gasteiger partial charge is 0.221 e. The van der Waals surface area contributed by atoms with Crippen molar-refractivity contribution in [3.05, 3.63) is 52.8 Å². The first kappa shape index (κ1) is 9.93. The predicted molar refractivity (Wildman–Crippen MR) is 60.7 cm³/mol. The van der Waals surface area contributed by atoms with Crippen molar-refractivity contribution in [2.75, 3.05) is 5.73 Å². The van der Waals surface area contributed by atoms with Crippen molar-refractivity contribution < 1.29 is 0 Å². The number of nitrogen functional groups attached to an aromatic ring is 1. The zero-order valence-corrected chi connectivity index (χ0v) is 8.78. The lowest BCUT2D eigenvalue weighted by atomic mass is 10.1. The molecule has 15 heavy (non-hydrogen) atoms. The Balaban J connectivity index is 2.25. The maximum atomic E-state index is 5.79. The molecule has 0 amide bonds. The molecule has 2 N–H and O–H groups in total. The number of rotatable bonds is 2. The monoisotopic (exact) mass is 219 g/mol. The summed E-state index contributed by atoms with van der Waals surface area (Å²) >= 11 is 5.79. The van der Waals surface area contributed by atoms with Crippen LogP contribution in [0.15, 0.2) is 36.4 Å². The van der Waals surface area contributed by atoms with Gasteiger partial charge in [0.25, 0.3) is 0 Å². The summed E-state index contributed by atoms with van der Waals surface area (Å²) in [5.74, 6) is 0.216. The van der Waals surface area contributed by atoms with Crippen LogP contribution in [0, 0.1) is 0 Å². The number of aromatic nitrogens is 2. The van der Waals surface area contributed by atoms with Gasteiger partial charge in [0.15, 0.2) is 0 Å². The molecule has 0 bridgehead atoms. The molecule has 0 saturated carbocycles. The Kier molecular flexibility index (Phi) is 2.83. The van der Waals surface area contributed by atoms with Crippen LogP contribution in [0.3, 0.4) is 0 Å². The average Bonchev–Trinajstić information content (AvgIpc) is 2.17. The highest BCUT2D eigenvalue weighted by molar-refractivity contribution is 6.29. The largest absolute Gasteiger partial charge is 0.368 e. The normalized spacial score (nSPS) is 10.2. The first-order chi connectivity index (χ1) is 7.24. The minimum Gasteiger partial charge on any atom is -0.368 e. The number of halogens is 1. The van der Waals surface area contributed by atoms with E-state index < -0.39 is 0 Å². The van der Waals surface area contributed by atoms with Gasteiger partial charge in [-0.25, -0.2) is 9.97 Å². The molecule has 1 heterocycles. The van der Waals surface area contributed by atoms with Crippen molar-refractivity contribution in [1.82, 2.24) is 9.97 Å². The van der Waals surface area contributed by atoms with E-state index in [0.29, 0.717) is 11.6 Å². The number of hydrogen-bond acceptors (Lipinski definition) is 3. The molecule has 4 heteroatoms. The van der Waals surface area contributed by atoms with Crippen molar-refractivity contribution in [2.24, 2.45) is 0 Å². The van der Waals surface area contributed by atoms with E-state index in [4.69, 9.17) is 17.3 Å². The van der Waals surface area contributed by atoms with Gasteiger partial charge in [0.2, 0.25) is 5.95 Å². The molecule has 2 rings (SSSR count). The first-order valence-electron chi connectivity index (χ1n) is 4.57. The van der Waals surface area contributed by atoms with E-state index in [0.717, 1.165) is 5.69 Å². The van der Waals surface area contributed by atoms with Crippen molar-refractivity contribution in [3.63, 3.8) is 0 Å². The molecule has 3 nitrogen and oxygen atoms in total. The topological polar surface area (TPSA) is 51.8 Å². The van der Waals surface area contributed by atoms with Gasteiger partial charge in [0, 0.05) is 6.42 Å². The highest BCUT2D eigenvalue weighted by Crippen LogP contribution is 2.12. The zero-order chi connectivity index (χ0) is 10.7. The Bertz CT molecular complexity index is 436. The van der Waals surface area contributed by atoms with Crippen LogP contribution >= 0.6 is 11.6 Å². The molecule has 1 aromatic carbocycles. The summed E-state index contributed by atoms with van der Waals surface area (Å²) in [7, 11) is 0. The summed E-state index contributed by atoms with van der Waals surface area (Å²) in [6.45, 7) is 0. The van der Waals surface area contributed by atoms with Crippen LogP contribution in [0.4, 0.5) is 5.95 Å². The van der Waals surface area contributed by atoms with Crippen molar-refractivity contribution >= 4 is 17.5 Å². The lowest BCUT2D eigenvalue weighted by Gasteiger charge is -2.02. The Labute approximate surface area is 92.9 Å². The fraction of sp³-hybridized carbons (Fsp3) is 0.0909. The third-order valence-corrected chi connectivity index (χ3v) is 2.19. The summed E-state index contributed by atoms with van der Waals surface area (Å²) in [4.78, 5) is 7.92. The number of nitrogens with two attached hydrogens (primary N) is 1. The highest BCUT2D eigenvalue weighted by Gasteiger charge is 2.01. The Morgan fingerprint density at radius 1 is 1.13 bits per heavy atom. The molecule has 0 aliphatic rings. The van der Waals surface area contributed by atoms with E-state index in [-0.39, 0.29) is 5.95 Å². The quantitative estimate of drug-likeness (QED) is 0.789. The summed E-state index contributed by atoms with van der Waals surface area (Å²) in [6.07, 6.45) is 0.716. The lowest BCUT2D eigenvalue weighted by Crippen LogP contribution is -2.00. The van der Waals surface area contributed by atoms with E-state index in [9.17, 15) is 0 Å². The summed E-state index contributed by atoms with van der Waals surface area (Å²) in [5.41, 5.74) is 7.51. The number of nitrogens with zero attached hydrogens (tertiary/aromatic N) is 2. The van der Waals surface area contributed by atoms with Gasteiger partial charge < -0.3 is 5.73 Å². The molecule has 0 unspecified atom stereocenters. The standard InChI is InChI=1S/C11H10ClN3/c12-10-7-9(14-11(13)15-10)6-8-4-2-1-3-5-8/h1-5,7H,6H2,(H2,13,14,15). The van der Waals surface area contributed by atoms with Gasteiger partial charge in [-0.3, -0.25) is 0 Å². The van der Waals surface area contributed by atoms with Crippen LogP contribution in [0.25, 0.3) is 0 Å². The Morgan fingerprint density at radius 2 is 1.87 bits per heavy atom. The minimum absolute atomic E-state index is 0.216.